The van der Waals surface area contributed by atoms with E-state index in [1.165, 1.54) is 60.7 Å². The van der Waals surface area contributed by atoms with Crippen molar-refractivity contribution in [3.8, 4) is 11.1 Å². The molecule has 0 bridgehead atoms. The summed E-state index contributed by atoms with van der Waals surface area (Å²) in [4.78, 5) is 0. The van der Waals surface area contributed by atoms with E-state index in [4.69, 9.17) is 22.5 Å². The van der Waals surface area contributed by atoms with Gasteiger partial charge >= 0.3 is 0 Å². The molecule has 0 saturated carbocycles. The van der Waals surface area contributed by atoms with Crippen molar-refractivity contribution < 1.29 is 36.2 Å². The molecule has 4 unspecified atom stereocenters. The first-order valence-electron chi connectivity index (χ1n) is 16.1. The normalized spacial score (nSPS) is 24.9. The van der Waals surface area contributed by atoms with Gasteiger partial charge in [0.1, 0.15) is 23.6 Å². The SMILES string of the molecule is CCc1cc(C2(S(=O)(=O)O)c3ccccc3C(=N)C(=NN)C2O)ccc1-c1ccc(C2(S(=O)(=O)O)c3ccccc3C(=N)C(=NN)C2O)cc1CC. The van der Waals surface area contributed by atoms with Crippen LogP contribution in [0.3, 0.4) is 0 Å². The maximum absolute atomic E-state index is 13.5. The summed E-state index contributed by atoms with van der Waals surface area (Å²) in [5.74, 6) is 11.1. The van der Waals surface area contributed by atoms with Crippen molar-refractivity contribution in [1.29, 1.82) is 10.8 Å². The lowest BCUT2D eigenvalue weighted by molar-refractivity contribution is 0.196. The average molecular weight is 745 g/mol. The van der Waals surface area contributed by atoms with Crippen molar-refractivity contribution in [2.45, 2.75) is 48.4 Å². The summed E-state index contributed by atoms with van der Waals surface area (Å²) in [5, 5.41) is 47.4. The molecule has 0 fully saturated rings. The molecule has 4 aromatic rings. The maximum Gasteiger partial charge on any atom is 0.282 e. The number of nitrogens with two attached hydrogens (primary N) is 2. The van der Waals surface area contributed by atoms with Gasteiger partial charge in [-0.25, -0.2) is 0 Å². The number of aryl methyl sites for hydroxylation is 2. The number of aliphatic hydroxyl groups excluding tert-OH is 2. The molecule has 2 aliphatic carbocycles. The van der Waals surface area contributed by atoms with Crippen LogP contribution in [0.4, 0.5) is 0 Å². The minimum Gasteiger partial charge on any atom is -0.384 e. The van der Waals surface area contributed by atoms with E-state index in [0.717, 1.165) is 0 Å². The van der Waals surface area contributed by atoms with Crippen molar-refractivity contribution in [2.24, 2.45) is 21.9 Å². The van der Waals surface area contributed by atoms with Crippen LogP contribution in [0, 0.1) is 10.8 Å². The number of nitrogens with zero attached hydrogens (tertiary/aromatic N) is 2. The molecular formula is C36H36N6O8S2. The van der Waals surface area contributed by atoms with Gasteiger partial charge in [-0.15, -0.1) is 0 Å². The fourth-order valence-electron chi connectivity index (χ4n) is 7.79. The Morgan fingerprint density at radius 2 is 0.962 bits per heavy atom. The highest BCUT2D eigenvalue weighted by molar-refractivity contribution is 7.87. The second kappa shape index (κ2) is 12.8. The second-order valence-electron chi connectivity index (χ2n) is 12.5. The van der Waals surface area contributed by atoms with E-state index in [2.05, 4.69) is 10.2 Å². The Kier molecular flexibility index (Phi) is 9.06. The number of fused-ring (bicyclic) bond motifs is 2. The summed E-state index contributed by atoms with van der Waals surface area (Å²) in [5.41, 5.74) is 1.05. The summed E-state index contributed by atoms with van der Waals surface area (Å²) >= 11 is 0. The number of nitrogens with one attached hydrogen (secondary N) is 2. The lowest BCUT2D eigenvalue weighted by Gasteiger charge is -2.41. The molecule has 0 radical (unpaired) electrons. The van der Waals surface area contributed by atoms with Crippen molar-refractivity contribution >= 4 is 43.1 Å². The molecule has 10 N–H and O–H groups in total. The highest BCUT2D eigenvalue weighted by Crippen LogP contribution is 2.49. The molecule has 6 rings (SSSR count). The minimum absolute atomic E-state index is 0.0119. The Balaban J connectivity index is 1.60. The molecule has 0 spiro atoms. The van der Waals surface area contributed by atoms with Gasteiger partial charge < -0.3 is 21.9 Å². The Hall–Kier alpha value is -5.10. The van der Waals surface area contributed by atoms with Gasteiger partial charge in [-0.2, -0.15) is 27.0 Å². The van der Waals surface area contributed by atoms with Crippen LogP contribution in [0.2, 0.25) is 0 Å². The fourth-order valence-corrected chi connectivity index (χ4v) is 10.3. The molecule has 0 saturated heterocycles. The van der Waals surface area contributed by atoms with Gasteiger partial charge in [-0.05, 0) is 57.3 Å². The molecule has 2 aliphatic rings. The predicted octanol–water partition coefficient (Wildman–Crippen LogP) is 2.86. The van der Waals surface area contributed by atoms with E-state index < -0.39 is 53.4 Å². The third kappa shape index (κ3) is 4.90. The number of aliphatic hydroxyl groups is 2. The van der Waals surface area contributed by atoms with E-state index in [0.29, 0.717) is 35.1 Å². The first kappa shape index (κ1) is 36.7. The zero-order valence-corrected chi connectivity index (χ0v) is 29.6. The predicted molar refractivity (Wildman–Crippen MR) is 197 cm³/mol. The maximum atomic E-state index is 13.5. The Morgan fingerprint density at radius 1 is 0.615 bits per heavy atom. The summed E-state index contributed by atoms with van der Waals surface area (Å²) in [6.07, 6.45) is -3.44. The number of hydrogen-bond acceptors (Lipinski definition) is 12. The van der Waals surface area contributed by atoms with Crippen molar-refractivity contribution in [3.63, 3.8) is 0 Å². The number of hydrogen-bond donors (Lipinski definition) is 8. The van der Waals surface area contributed by atoms with E-state index in [-0.39, 0.29) is 44.8 Å². The van der Waals surface area contributed by atoms with Crippen LogP contribution in [0.25, 0.3) is 11.1 Å². The highest BCUT2D eigenvalue weighted by atomic mass is 32.2. The second-order valence-corrected chi connectivity index (χ2v) is 15.7. The summed E-state index contributed by atoms with van der Waals surface area (Å²) in [6.45, 7) is 3.64. The zero-order chi connectivity index (χ0) is 38.0. The van der Waals surface area contributed by atoms with Gasteiger partial charge in [-0.1, -0.05) is 98.8 Å². The summed E-state index contributed by atoms with van der Waals surface area (Å²) < 4.78 is 70.8. The van der Waals surface area contributed by atoms with Crippen LogP contribution in [0.5, 0.6) is 0 Å². The van der Waals surface area contributed by atoms with Gasteiger partial charge in [0.25, 0.3) is 20.2 Å². The van der Waals surface area contributed by atoms with Gasteiger partial charge in [0.2, 0.25) is 0 Å². The summed E-state index contributed by atoms with van der Waals surface area (Å²) in [7, 11) is -10.4. The van der Waals surface area contributed by atoms with E-state index in [9.17, 15) is 36.2 Å². The van der Waals surface area contributed by atoms with Gasteiger partial charge in [0.15, 0.2) is 9.49 Å². The monoisotopic (exact) mass is 744 g/mol. The van der Waals surface area contributed by atoms with Crippen molar-refractivity contribution in [3.05, 3.63) is 129 Å². The van der Waals surface area contributed by atoms with Gasteiger partial charge in [-0.3, -0.25) is 19.9 Å². The third-order valence-electron chi connectivity index (χ3n) is 10.2. The number of rotatable bonds is 7. The molecule has 4 atom stereocenters. The lowest BCUT2D eigenvalue weighted by Crippen LogP contribution is -2.57. The first-order chi connectivity index (χ1) is 24.6. The smallest absolute Gasteiger partial charge is 0.282 e. The number of hydrazone groups is 2. The van der Waals surface area contributed by atoms with E-state index in [1.807, 2.05) is 13.8 Å². The molecule has 0 heterocycles. The zero-order valence-electron chi connectivity index (χ0n) is 27.9. The van der Waals surface area contributed by atoms with Crippen LogP contribution in [-0.2, 0) is 42.6 Å². The minimum atomic E-state index is -5.19. The Morgan fingerprint density at radius 3 is 1.27 bits per heavy atom. The molecule has 0 amide bonds. The van der Waals surface area contributed by atoms with E-state index >= 15 is 0 Å². The Labute approximate surface area is 300 Å². The molecule has 0 aliphatic heterocycles. The fraction of sp³-hybridized carbons (Fsp3) is 0.222. The van der Waals surface area contributed by atoms with Gasteiger partial charge in [0, 0.05) is 11.1 Å². The molecule has 16 heteroatoms. The molecule has 270 valence electrons. The average Bonchev–Trinajstić information content (AvgIpc) is 3.11. The van der Waals surface area contributed by atoms with E-state index in [1.54, 1.807) is 24.3 Å². The summed E-state index contributed by atoms with van der Waals surface area (Å²) in [6, 6.07) is 21.2. The first-order valence-corrected chi connectivity index (χ1v) is 19.0. The van der Waals surface area contributed by atoms with Crippen LogP contribution < -0.4 is 11.7 Å². The highest BCUT2D eigenvalue weighted by Gasteiger charge is 2.60. The Bertz CT molecular complexity index is 2290. The molecule has 4 aromatic carbocycles. The third-order valence-corrected chi connectivity index (χ3v) is 13.2. The molecular weight excluding hydrogens is 709 g/mol. The topological polar surface area (TPSA) is 274 Å². The van der Waals surface area contributed by atoms with Gasteiger partial charge in [0.05, 0.1) is 11.4 Å². The standard InChI is InChI=1S/C36H36N6O8S2/c1-3-19-17-21(35(51(45,46)47)27-11-7-5-9-25(27)29(37)31(41-39)33(35)43)13-15-23(19)24-16-14-22(18-20(24)4-2)36(52(48,49)50)28-12-8-6-10-26(28)30(38)32(42-40)34(36)44/h5-18,33-34,37-38,43-44H,3-4,39-40H2,1-2H3,(H,45,46,47)(H,48,49,50). The van der Waals surface area contributed by atoms with Crippen LogP contribution in [0.1, 0.15) is 58.4 Å². The van der Waals surface area contributed by atoms with Crippen molar-refractivity contribution in [1.82, 2.24) is 0 Å². The van der Waals surface area contributed by atoms with Crippen LogP contribution >= 0.6 is 0 Å². The van der Waals surface area contributed by atoms with Crippen molar-refractivity contribution in [2.75, 3.05) is 0 Å². The quantitative estimate of drug-likeness (QED) is 0.0778. The molecule has 14 nitrogen and oxygen atoms in total. The lowest BCUT2D eigenvalue weighted by atomic mass is 9.72. The van der Waals surface area contributed by atoms with Crippen LogP contribution in [0.15, 0.2) is 95.1 Å². The number of benzene rings is 4. The van der Waals surface area contributed by atoms with Crippen LogP contribution in [-0.4, -0.2) is 71.2 Å². The molecule has 0 aromatic heterocycles. The molecule has 52 heavy (non-hydrogen) atoms. The largest absolute Gasteiger partial charge is 0.384 e.